The molecule has 0 amide bonds. The molecule has 0 aliphatic rings. The lowest BCUT2D eigenvalue weighted by molar-refractivity contribution is 0.628. The van der Waals surface area contributed by atoms with Gasteiger partial charge in [-0.25, -0.2) is 4.39 Å². The highest BCUT2D eigenvalue weighted by Crippen LogP contribution is 2.29. The van der Waals surface area contributed by atoms with Crippen molar-refractivity contribution >= 4 is 28.7 Å². The van der Waals surface area contributed by atoms with Crippen LogP contribution >= 0.6 is 11.6 Å². The van der Waals surface area contributed by atoms with Gasteiger partial charge in [0.1, 0.15) is 5.82 Å². The number of anilines is 3. The Morgan fingerprint density at radius 1 is 1.12 bits per heavy atom. The predicted molar refractivity (Wildman–Crippen MR) is 70.3 cm³/mol. The van der Waals surface area contributed by atoms with E-state index in [1.54, 1.807) is 6.07 Å². The predicted octanol–water partition coefficient (Wildman–Crippen LogP) is 4.11. The summed E-state index contributed by atoms with van der Waals surface area (Å²) in [5.74, 6) is -0.363. The standard InChI is InChI=1S/C13H12ClFN2/c1-8-2-4-13(11(16)6-8)17-12-5-3-9(15)7-10(12)14/h2-7,17H,16H2,1H3. The van der Waals surface area contributed by atoms with E-state index in [1.165, 1.54) is 12.1 Å². The van der Waals surface area contributed by atoms with Gasteiger partial charge < -0.3 is 11.1 Å². The summed E-state index contributed by atoms with van der Waals surface area (Å²) in [4.78, 5) is 0. The molecule has 0 radical (unpaired) electrons. The summed E-state index contributed by atoms with van der Waals surface area (Å²) in [7, 11) is 0. The Bertz CT molecular complexity index is 506. The summed E-state index contributed by atoms with van der Waals surface area (Å²) in [5.41, 5.74) is 8.96. The number of benzene rings is 2. The molecule has 0 heterocycles. The second kappa shape index (κ2) is 4.63. The van der Waals surface area contributed by atoms with Gasteiger partial charge in [0.25, 0.3) is 0 Å². The second-order valence-corrected chi connectivity index (χ2v) is 4.25. The molecule has 88 valence electrons. The molecule has 0 spiro atoms. The van der Waals surface area contributed by atoms with Gasteiger partial charge in [0.15, 0.2) is 0 Å². The van der Waals surface area contributed by atoms with Gasteiger partial charge in [-0.05, 0) is 42.8 Å². The summed E-state index contributed by atoms with van der Waals surface area (Å²) in [6, 6.07) is 9.85. The van der Waals surface area contributed by atoms with Gasteiger partial charge in [-0.1, -0.05) is 17.7 Å². The first-order chi connectivity index (χ1) is 8.06. The number of aryl methyl sites for hydroxylation is 1. The molecule has 4 heteroatoms. The van der Waals surface area contributed by atoms with Crippen LogP contribution in [0.2, 0.25) is 5.02 Å². The van der Waals surface area contributed by atoms with Crippen LogP contribution in [-0.2, 0) is 0 Å². The Morgan fingerprint density at radius 3 is 2.47 bits per heavy atom. The maximum Gasteiger partial charge on any atom is 0.124 e. The van der Waals surface area contributed by atoms with Crippen LogP contribution in [-0.4, -0.2) is 0 Å². The van der Waals surface area contributed by atoms with Crippen molar-refractivity contribution in [2.75, 3.05) is 11.1 Å². The first-order valence-corrected chi connectivity index (χ1v) is 5.52. The summed E-state index contributed by atoms with van der Waals surface area (Å²) < 4.78 is 12.9. The van der Waals surface area contributed by atoms with Crippen LogP contribution in [0.3, 0.4) is 0 Å². The average molecular weight is 251 g/mol. The maximum absolute atomic E-state index is 12.9. The van der Waals surface area contributed by atoms with Crippen molar-refractivity contribution in [3.8, 4) is 0 Å². The summed E-state index contributed by atoms with van der Waals surface area (Å²) >= 11 is 5.92. The van der Waals surface area contributed by atoms with Gasteiger partial charge in [-0.15, -0.1) is 0 Å². The largest absolute Gasteiger partial charge is 0.397 e. The van der Waals surface area contributed by atoms with E-state index in [2.05, 4.69) is 5.32 Å². The van der Waals surface area contributed by atoms with Gasteiger partial charge >= 0.3 is 0 Å². The monoisotopic (exact) mass is 250 g/mol. The molecule has 2 aromatic rings. The first kappa shape index (κ1) is 11.7. The third-order valence-electron chi connectivity index (χ3n) is 2.41. The number of nitrogen functional groups attached to an aromatic ring is 1. The Hall–Kier alpha value is -1.74. The molecule has 0 fully saturated rings. The first-order valence-electron chi connectivity index (χ1n) is 5.14. The summed E-state index contributed by atoms with van der Waals surface area (Å²) in [6.45, 7) is 1.96. The number of rotatable bonds is 2. The van der Waals surface area contributed by atoms with Crippen LogP contribution in [0.15, 0.2) is 36.4 Å². The highest BCUT2D eigenvalue weighted by Gasteiger charge is 2.04. The molecular formula is C13H12ClFN2. The quantitative estimate of drug-likeness (QED) is 0.787. The van der Waals surface area contributed by atoms with Crippen molar-refractivity contribution in [3.05, 3.63) is 52.8 Å². The highest BCUT2D eigenvalue weighted by atomic mass is 35.5. The zero-order valence-corrected chi connectivity index (χ0v) is 10.1. The molecular weight excluding hydrogens is 239 g/mol. The average Bonchev–Trinajstić information content (AvgIpc) is 2.25. The Balaban J connectivity index is 2.31. The molecule has 0 aromatic heterocycles. The van der Waals surface area contributed by atoms with Crippen molar-refractivity contribution in [1.29, 1.82) is 0 Å². The van der Waals surface area contributed by atoms with Crippen molar-refractivity contribution in [2.24, 2.45) is 0 Å². The molecule has 0 saturated heterocycles. The number of nitrogens with two attached hydrogens (primary N) is 1. The lowest BCUT2D eigenvalue weighted by Crippen LogP contribution is -1.97. The van der Waals surface area contributed by atoms with Crippen molar-refractivity contribution in [1.82, 2.24) is 0 Å². The van der Waals surface area contributed by atoms with Gasteiger partial charge in [-0.2, -0.15) is 0 Å². The Morgan fingerprint density at radius 2 is 1.82 bits per heavy atom. The van der Waals surface area contributed by atoms with Crippen molar-refractivity contribution in [2.45, 2.75) is 6.92 Å². The fraction of sp³-hybridized carbons (Fsp3) is 0.0769. The lowest BCUT2D eigenvalue weighted by atomic mass is 10.2. The normalized spacial score (nSPS) is 10.3. The molecule has 0 saturated carbocycles. The number of hydrogen-bond acceptors (Lipinski definition) is 2. The van der Waals surface area contributed by atoms with E-state index >= 15 is 0 Å². The van der Waals surface area contributed by atoms with Gasteiger partial charge in [0.05, 0.1) is 22.1 Å². The Kier molecular flexibility index (Phi) is 3.20. The van der Waals surface area contributed by atoms with E-state index in [-0.39, 0.29) is 5.82 Å². The van der Waals surface area contributed by atoms with Gasteiger partial charge in [0.2, 0.25) is 0 Å². The fourth-order valence-electron chi connectivity index (χ4n) is 1.53. The van der Waals surface area contributed by atoms with E-state index in [4.69, 9.17) is 17.3 Å². The van der Waals surface area contributed by atoms with Crippen LogP contribution in [0.1, 0.15) is 5.56 Å². The molecule has 0 bridgehead atoms. The van der Waals surface area contributed by atoms with E-state index in [1.807, 2.05) is 25.1 Å². The number of nitrogens with one attached hydrogen (secondary N) is 1. The minimum absolute atomic E-state index is 0.324. The molecule has 2 aromatic carbocycles. The molecule has 0 aliphatic heterocycles. The third kappa shape index (κ3) is 2.68. The SMILES string of the molecule is Cc1ccc(Nc2ccc(F)cc2Cl)c(N)c1. The minimum atomic E-state index is -0.363. The maximum atomic E-state index is 12.9. The van der Waals surface area contributed by atoms with Crippen LogP contribution in [0, 0.1) is 12.7 Å². The number of hydrogen-bond donors (Lipinski definition) is 2. The summed E-state index contributed by atoms with van der Waals surface area (Å²) in [5, 5.41) is 3.40. The zero-order chi connectivity index (χ0) is 12.4. The molecule has 0 unspecified atom stereocenters. The molecule has 17 heavy (non-hydrogen) atoms. The van der Waals surface area contributed by atoms with Crippen molar-refractivity contribution < 1.29 is 4.39 Å². The summed E-state index contributed by atoms with van der Waals surface area (Å²) in [6.07, 6.45) is 0. The van der Waals surface area contributed by atoms with E-state index in [0.717, 1.165) is 11.3 Å². The molecule has 2 rings (SSSR count). The van der Waals surface area contributed by atoms with Crippen LogP contribution < -0.4 is 11.1 Å². The molecule has 0 aliphatic carbocycles. The van der Waals surface area contributed by atoms with Crippen LogP contribution in [0.25, 0.3) is 0 Å². The lowest BCUT2D eigenvalue weighted by Gasteiger charge is -2.11. The number of halogens is 2. The van der Waals surface area contributed by atoms with Crippen LogP contribution in [0.5, 0.6) is 0 Å². The van der Waals surface area contributed by atoms with E-state index < -0.39 is 0 Å². The minimum Gasteiger partial charge on any atom is -0.397 e. The topological polar surface area (TPSA) is 38.0 Å². The molecule has 2 nitrogen and oxygen atoms in total. The van der Waals surface area contributed by atoms with Gasteiger partial charge in [0, 0.05) is 0 Å². The Labute approximate surface area is 104 Å². The van der Waals surface area contributed by atoms with Crippen molar-refractivity contribution in [3.63, 3.8) is 0 Å². The zero-order valence-electron chi connectivity index (χ0n) is 9.30. The van der Waals surface area contributed by atoms with Gasteiger partial charge in [-0.3, -0.25) is 0 Å². The smallest absolute Gasteiger partial charge is 0.124 e. The van der Waals surface area contributed by atoms with E-state index in [9.17, 15) is 4.39 Å². The fourth-order valence-corrected chi connectivity index (χ4v) is 1.75. The highest BCUT2D eigenvalue weighted by molar-refractivity contribution is 6.33. The molecule has 3 N–H and O–H groups in total. The second-order valence-electron chi connectivity index (χ2n) is 3.84. The van der Waals surface area contributed by atoms with E-state index in [0.29, 0.717) is 16.4 Å². The molecule has 0 atom stereocenters. The van der Waals surface area contributed by atoms with Crippen LogP contribution in [0.4, 0.5) is 21.5 Å². The third-order valence-corrected chi connectivity index (χ3v) is 2.72.